The highest BCUT2D eigenvalue weighted by Crippen LogP contribution is 1.71. The Kier molecular flexibility index (Phi) is 11.5. The summed E-state index contributed by atoms with van der Waals surface area (Å²) in [6, 6.07) is 0. The van der Waals surface area contributed by atoms with Gasteiger partial charge in [-0.2, -0.15) is 4.21 Å². The highest BCUT2D eigenvalue weighted by atomic mass is 32.9. The van der Waals surface area contributed by atoms with E-state index in [1.165, 1.54) is 25.9 Å². The van der Waals surface area contributed by atoms with Crippen LogP contribution < -0.4 is 5.32 Å². The first kappa shape index (κ1) is 14.8. The SMILES string of the molecule is CCCNCCC.O=S(O)(O)=S. The molecule has 0 atom stereocenters. The zero-order valence-corrected chi connectivity index (χ0v) is 9.08. The molecular weight excluding hydrogens is 198 g/mol. The van der Waals surface area contributed by atoms with E-state index < -0.39 is 9.05 Å². The molecule has 0 aliphatic heterocycles. The summed E-state index contributed by atoms with van der Waals surface area (Å²) in [6.07, 6.45) is 2.50. The quantitative estimate of drug-likeness (QED) is 0.612. The molecule has 0 saturated carbocycles. The van der Waals surface area contributed by atoms with E-state index >= 15 is 0 Å². The summed E-state index contributed by atoms with van der Waals surface area (Å²) in [5.74, 6) is 0. The monoisotopic (exact) mass is 215 g/mol. The summed E-state index contributed by atoms with van der Waals surface area (Å²) in [4.78, 5) is 0. The Bertz CT molecular complexity index is 156. The van der Waals surface area contributed by atoms with Crippen molar-refractivity contribution in [2.75, 3.05) is 13.1 Å². The molecule has 0 saturated heterocycles. The molecule has 0 aliphatic carbocycles. The Balaban J connectivity index is 0. The van der Waals surface area contributed by atoms with Gasteiger partial charge in [-0.15, -0.1) is 0 Å². The normalized spacial score (nSPS) is 10.3. The first-order valence-corrected chi connectivity index (χ1v) is 6.22. The van der Waals surface area contributed by atoms with Gasteiger partial charge in [0.1, 0.15) is 0 Å². The van der Waals surface area contributed by atoms with Crippen LogP contribution in [0.25, 0.3) is 0 Å². The van der Waals surface area contributed by atoms with Crippen molar-refractivity contribution < 1.29 is 13.3 Å². The predicted octanol–water partition coefficient (Wildman–Crippen LogP) is 1.07. The van der Waals surface area contributed by atoms with E-state index in [9.17, 15) is 0 Å². The maximum Gasteiger partial charge on any atom is 0.263 e. The fourth-order valence-corrected chi connectivity index (χ4v) is 0.479. The van der Waals surface area contributed by atoms with Gasteiger partial charge in [0, 0.05) is 11.2 Å². The summed E-state index contributed by atoms with van der Waals surface area (Å²) in [7, 11) is -3.83. The smallest absolute Gasteiger partial charge is 0.263 e. The fourth-order valence-electron chi connectivity index (χ4n) is 0.479. The van der Waals surface area contributed by atoms with E-state index in [0.29, 0.717) is 0 Å². The van der Waals surface area contributed by atoms with Gasteiger partial charge in [0.2, 0.25) is 0 Å². The molecule has 0 fully saturated rings. The van der Waals surface area contributed by atoms with Crippen molar-refractivity contribution in [1.82, 2.24) is 5.32 Å². The van der Waals surface area contributed by atoms with Crippen molar-refractivity contribution >= 4 is 20.2 Å². The predicted molar refractivity (Wildman–Crippen MR) is 54.2 cm³/mol. The summed E-state index contributed by atoms with van der Waals surface area (Å²) >= 11 is 3.47. The molecule has 0 radical (unpaired) electrons. The lowest BCUT2D eigenvalue weighted by Crippen LogP contribution is -2.14. The fraction of sp³-hybridized carbons (Fsp3) is 1.00. The van der Waals surface area contributed by atoms with E-state index in [2.05, 4.69) is 30.4 Å². The highest BCUT2D eigenvalue weighted by molar-refractivity contribution is 8.26. The zero-order valence-electron chi connectivity index (χ0n) is 7.45. The van der Waals surface area contributed by atoms with Gasteiger partial charge in [0.15, 0.2) is 0 Å². The van der Waals surface area contributed by atoms with E-state index in [0.717, 1.165) is 0 Å². The average molecular weight is 215 g/mol. The van der Waals surface area contributed by atoms with Crippen molar-refractivity contribution in [3.05, 3.63) is 0 Å². The molecule has 0 spiro atoms. The second-order valence-corrected chi connectivity index (χ2v) is 4.40. The van der Waals surface area contributed by atoms with Crippen molar-refractivity contribution in [2.24, 2.45) is 0 Å². The van der Waals surface area contributed by atoms with Gasteiger partial charge in [-0.05, 0) is 25.9 Å². The van der Waals surface area contributed by atoms with E-state index in [-0.39, 0.29) is 0 Å². The minimum absolute atomic E-state index is 1.17. The van der Waals surface area contributed by atoms with Gasteiger partial charge in [0.25, 0.3) is 9.05 Å². The molecule has 0 aromatic heterocycles. The number of hydrogen-bond donors (Lipinski definition) is 3. The van der Waals surface area contributed by atoms with Gasteiger partial charge < -0.3 is 5.32 Å². The van der Waals surface area contributed by atoms with E-state index in [4.69, 9.17) is 13.3 Å². The molecule has 12 heavy (non-hydrogen) atoms. The van der Waals surface area contributed by atoms with Crippen LogP contribution >= 0.6 is 0 Å². The zero-order chi connectivity index (χ0) is 10.0. The summed E-state index contributed by atoms with van der Waals surface area (Å²) in [6.45, 7) is 6.72. The summed E-state index contributed by atoms with van der Waals surface area (Å²) < 4.78 is 24.0. The highest BCUT2D eigenvalue weighted by Gasteiger charge is 1.78. The second kappa shape index (κ2) is 9.34. The van der Waals surface area contributed by atoms with Gasteiger partial charge in [0.05, 0.1) is 0 Å². The number of hydrogen-bond acceptors (Lipinski definition) is 3. The third-order valence-corrected chi connectivity index (χ3v) is 0.854. The molecule has 4 nitrogen and oxygen atoms in total. The molecule has 76 valence electrons. The Labute approximate surface area is 79.1 Å². The Hall–Kier alpha value is 0.250. The largest absolute Gasteiger partial charge is 0.317 e. The van der Waals surface area contributed by atoms with E-state index in [1.807, 2.05) is 0 Å². The van der Waals surface area contributed by atoms with Crippen molar-refractivity contribution in [2.45, 2.75) is 26.7 Å². The molecule has 3 N–H and O–H groups in total. The molecule has 0 amide bonds. The topological polar surface area (TPSA) is 69.6 Å². The molecule has 0 aliphatic rings. The van der Waals surface area contributed by atoms with Gasteiger partial charge in [-0.25, -0.2) is 0 Å². The van der Waals surface area contributed by atoms with Crippen LogP contribution in [0.15, 0.2) is 0 Å². The lowest BCUT2D eigenvalue weighted by molar-refractivity contribution is 0.450. The molecular formula is C6H17NO3S2. The van der Waals surface area contributed by atoms with Crippen LogP contribution in [0.5, 0.6) is 0 Å². The van der Waals surface area contributed by atoms with Gasteiger partial charge in [-0.1, -0.05) is 13.8 Å². The minimum Gasteiger partial charge on any atom is -0.317 e. The maximum absolute atomic E-state index is 9.11. The number of nitrogens with one attached hydrogen (secondary N) is 1. The Morgan fingerprint density at radius 3 is 1.67 bits per heavy atom. The number of rotatable bonds is 4. The molecule has 0 aromatic rings. The van der Waals surface area contributed by atoms with Gasteiger partial charge >= 0.3 is 0 Å². The van der Waals surface area contributed by atoms with Crippen LogP contribution in [0.2, 0.25) is 0 Å². The molecule has 0 rings (SSSR count). The van der Waals surface area contributed by atoms with Gasteiger partial charge in [-0.3, -0.25) is 9.11 Å². The molecule has 0 aromatic carbocycles. The van der Waals surface area contributed by atoms with Crippen molar-refractivity contribution in [1.29, 1.82) is 0 Å². The van der Waals surface area contributed by atoms with Crippen molar-refractivity contribution in [3.8, 4) is 0 Å². The van der Waals surface area contributed by atoms with Crippen LogP contribution in [-0.2, 0) is 20.2 Å². The van der Waals surface area contributed by atoms with Crippen LogP contribution in [0.3, 0.4) is 0 Å². The summed E-state index contributed by atoms with van der Waals surface area (Å²) in [5, 5.41) is 3.28. The van der Waals surface area contributed by atoms with Crippen LogP contribution in [0, 0.1) is 0 Å². The van der Waals surface area contributed by atoms with Crippen LogP contribution in [0.4, 0.5) is 0 Å². The van der Waals surface area contributed by atoms with Crippen LogP contribution in [0.1, 0.15) is 26.7 Å². The maximum atomic E-state index is 9.11. The molecule has 0 bridgehead atoms. The third-order valence-electron chi connectivity index (χ3n) is 0.854. The first-order chi connectivity index (χ1) is 5.41. The minimum atomic E-state index is -3.83. The molecule has 0 unspecified atom stereocenters. The lowest BCUT2D eigenvalue weighted by atomic mass is 10.4. The standard InChI is InChI=1S/C6H15N.H2O3S2/c1-3-5-7-6-4-2;1-5(2,3)4/h7H,3-6H2,1-2H3;(H2,1,2,3,4). The van der Waals surface area contributed by atoms with Crippen LogP contribution in [-0.4, -0.2) is 26.4 Å². The Morgan fingerprint density at radius 2 is 1.50 bits per heavy atom. The second-order valence-electron chi connectivity index (χ2n) is 2.20. The average Bonchev–Trinajstić information content (AvgIpc) is 1.85. The Morgan fingerprint density at radius 1 is 1.25 bits per heavy atom. The third kappa shape index (κ3) is 48.6. The van der Waals surface area contributed by atoms with Crippen molar-refractivity contribution in [3.63, 3.8) is 0 Å². The lowest BCUT2D eigenvalue weighted by Gasteiger charge is -1.95. The van der Waals surface area contributed by atoms with E-state index in [1.54, 1.807) is 0 Å². The first-order valence-electron chi connectivity index (χ1n) is 3.82. The summed E-state index contributed by atoms with van der Waals surface area (Å²) in [5.41, 5.74) is 0. The molecule has 0 heterocycles. The molecule has 6 heteroatoms.